The number of para-hydroxylation sites is 2. The van der Waals surface area contributed by atoms with Gasteiger partial charge in [0.25, 0.3) is 0 Å². The maximum Gasteiger partial charge on any atom is 0.119 e. The van der Waals surface area contributed by atoms with Crippen molar-refractivity contribution in [1.29, 1.82) is 0 Å². The molecule has 0 fully saturated rings. The number of rotatable bonds is 5. The summed E-state index contributed by atoms with van der Waals surface area (Å²) in [4.78, 5) is 0. The molecule has 0 bridgehead atoms. The Morgan fingerprint density at radius 2 is 1.09 bits per heavy atom. The van der Waals surface area contributed by atoms with E-state index >= 15 is 0 Å². The molecule has 0 aromatic heterocycles. The maximum atomic E-state index is 5.61. The van der Waals surface area contributed by atoms with Crippen LogP contribution in [0.5, 0.6) is 11.5 Å². The van der Waals surface area contributed by atoms with E-state index in [4.69, 9.17) is 9.47 Å². The van der Waals surface area contributed by atoms with Gasteiger partial charge in [-0.25, -0.2) is 0 Å². The molecule has 2 heteroatoms. The second kappa shape index (κ2) is 10.1. The molecule has 3 aromatic rings. The van der Waals surface area contributed by atoms with Gasteiger partial charge in [-0.15, -0.1) is 0 Å². The summed E-state index contributed by atoms with van der Waals surface area (Å²) in [5.74, 6) is 1.85. The zero-order chi connectivity index (χ0) is 16.2. The third-order valence-electron chi connectivity index (χ3n) is 3.22. The largest absolute Gasteiger partial charge is 0.497 e. The van der Waals surface area contributed by atoms with Crippen LogP contribution in [0.3, 0.4) is 0 Å². The number of hydrogen-bond donors (Lipinski definition) is 0. The molecule has 0 aliphatic heterocycles. The van der Waals surface area contributed by atoms with Crippen LogP contribution in [-0.4, -0.2) is 13.7 Å². The highest BCUT2D eigenvalue weighted by molar-refractivity contribution is 5.21. The van der Waals surface area contributed by atoms with Gasteiger partial charge in [0.2, 0.25) is 0 Å². The molecule has 3 rings (SSSR count). The Labute approximate surface area is 138 Å². The molecule has 23 heavy (non-hydrogen) atoms. The fraction of sp³-hybridized carbons (Fsp3) is 0.143. The van der Waals surface area contributed by atoms with Gasteiger partial charge < -0.3 is 9.47 Å². The monoisotopic (exact) mass is 306 g/mol. The van der Waals surface area contributed by atoms with Crippen LogP contribution >= 0.6 is 0 Å². The van der Waals surface area contributed by atoms with Crippen LogP contribution in [0, 0.1) is 0 Å². The van der Waals surface area contributed by atoms with Crippen molar-refractivity contribution in [3.63, 3.8) is 0 Å². The summed E-state index contributed by atoms with van der Waals surface area (Å²) in [6, 6.07) is 30.0. The van der Waals surface area contributed by atoms with E-state index in [1.807, 2.05) is 66.7 Å². The summed E-state index contributed by atoms with van der Waals surface area (Å²) < 4.78 is 10.5. The lowest BCUT2D eigenvalue weighted by molar-refractivity contribution is 0.322. The van der Waals surface area contributed by atoms with Gasteiger partial charge in [0.1, 0.15) is 11.5 Å². The molecule has 3 aromatic carbocycles. The van der Waals surface area contributed by atoms with Crippen LogP contribution in [0.2, 0.25) is 0 Å². The number of hydrogen-bond acceptors (Lipinski definition) is 2. The van der Waals surface area contributed by atoms with E-state index in [0.717, 1.165) is 24.5 Å². The van der Waals surface area contributed by atoms with E-state index < -0.39 is 0 Å². The molecule has 118 valence electrons. The Bertz CT molecular complexity index is 597. The summed E-state index contributed by atoms with van der Waals surface area (Å²) in [6.07, 6.45) is 0.954. The Hall–Kier alpha value is -2.74. The Kier molecular flexibility index (Phi) is 7.28. The number of methoxy groups -OCH3 is 1. The zero-order valence-corrected chi connectivity index (χ0v) is 13.4. The first-order chi connectivity index (χ1) is 11.4. The Morgan fingerprint density at radius 1 is 0.609 bits per heavy atom. The topological polar surface area (TPSA) is 18.5 Å². The fourth-order valence-electron chi connectivity index (χ4n) is 2.00. The van der Waals surface area contributed by atoms with E-state index in [1.54, 1.807) is 7.11 Å². The number of ether oxygens (including phenoxy) is 2. The highest BCUT2D eigenvalue weighted by Crippen LogP contribution is 2.09. The van der Waals surface area contributed by atoms with Crippen molar-refractivity contribution in [3.8, 4) is 11.5 Å². The van der Waals surface area contributed by atoms with Crippen LogP contribution < -0.4 is 9.47 Å². The summed E-state index contributed by atoms with van der Waals surface area (Å²) in [5, 5.41) is 0. The molecule has 0 spiro atoms. The quantitative estimate of drug-likeness (QED) is 0.660. The standard InChI is InChI=1S/C14H14O.C7H8O/c1-3-7-13(8-4-1)11-12-15-14-9-5-2-6-10-14;1-8-7-5-3-2-4-6-7/h1-10H,11-12H2;2-6H,1H3. The summed E-state index contributed by atoms with van der Waals surface area (Å²) in [5.41, 5.74) is 1.31. The van der Waals surface area contributed by atoms with Gasteiger partial charge in [-0.1, -0.05) is 66.7 Å². The zero-order valence-electron chi connectivity index (χ0n) is 13.4. The van der Waals surface area contributed by atoms with Crippen molar-refractivity contribution in [2.24, 2.45) is 0 Å². The summed E-state index contributed by atoms with van der Waals surface area (Å²) in [6.45, 7) is 0.730. The van der Waals surface area contributed by atoms with Crippen molar-refractivity contribution >= 4 is 0 Å². The molecule has 0 atom stereocenters. The van der Waals surface area contributed by atoms with Gasteiger partial charge in [0, 0.05) is 6.42 Å². The van der Waals surface area contributed by atoms with Crippen molar-refractivity contribution in [1.82, 2.24) is 0 Å². The Balaban J connectivity index is 0.000000203. The molecular formula is C21H22O2. The second-order valence-corrected chi connectivity index (χ2v) is 4.91. The fourth-order valence-corrected chi connectivity index (χ4v) is 2.00. The van der Waals surface area contributed by atoms with E-state index in [1.165, 1.54) is 5.56 Å². The molecule has 0 aliphatic rings. The molecule has 0 unspecified atom stereocenters. The van der Waals surface area contributed by atoms with Crippen LogP contribution in [0.1, 0.15) is 5.56 Å². The van der Waals surface area contributed by atoms with Crippen LogP contribution in [0.25, 0.3) is 0 Å². The maximum absolute atomic E-state index is 5.61. The molecule has 0 radical (unpaired) electrons. The first-order valence-electron chi connectivity index (χ1n) is 7.69. The smallest absolute Gasteiger partial charge is 0.119 e. The molecule has 0 saturated heterocycles. The van der Waals surface area contributed by atoms with Gasteiger partial charge >= 0.3 is 0 Å². The number of benzene rings is 3. The van der Waals surface area contributed by atoms with Crippen LogP contribution in [0.4, 0.5) is 0 Å². The first-order valence-corrected chi connectivity index (χ1v) is 7.69. The van der Waals surface area contributed by atoms with Crippen LogP contribution in [-0.2, 0) is 6.42 Å². The third kappa shape index (κ3) is 6.70. The van der Waals surface area contributed by atoms with Gasteiger partial charge in [-0.3, -0.25) is 0 Å². The molecule has 0 saturated carbocycles. The molecule has 0 aliphatic carbocycles. The highest BCUT2D eigenvalue weighted by atomic mass is 16.5. The SMILES string of the molecule is COc1ccccc1.c1ccc(CCOc2ccccc2)cc1. The Morgan fingerprint density at radius 3 is 1.57 bits per heavy atom. The minimum Gasteiger partial charge on any atom is -0.497 e. The van der Waals surface area contributed by atoms with Gasteiger partial charge in [0.05, 0.1) is 13.7 Å². The average molecular weight is 306 g/mol. The first kappa shape index (κ1) is 16.6. The lowest BCUT2D eigenvalue weighted by Crippen LogP contribution is -2.00. The molecule has 0 heterocycles. The molecule has 2 nitrogen and oxygen atoms in total. The van der Waals surface area contributed by atoms with E-state index in [0.29, 0.717) is 0 Å². The lowest BCUT2D eigenvalue weighted by Gasteiger charge is -2.05. The minimum atomic E-state index is 0.730. The molecular weight excluding hydrogens is 284 g/mol. The van der Waals surface area contributed by atoms with Gasteiger partial charge in [-0.05, 0) is 29.8 Å². The van der Waals surface area contributed by atoms with E-state index in [-0.39, 0.29) is 0 Å². The summed E-state index contributed by atoms with van der Waals surface area (Å²) >= 11 is 0. The normalized spacial score (nSPS) is 9.43. The van der Waals surface area contributed by atoms with Crippen molar-refractivity contribution in [2.45, 2.75) is 6.42 Å². The lowest BCUT2D eigenvalue weighted by atomic mass is 10.2. The molecule has 0 amide bonds. The predicted molar refractivity (Wildman–Crippen MR) is 95.1 cm³/mol. The predicted octanol–water partition coefficient (Wildman–Crippen LogP) is 5.00. The average Bonchev–Trinajstić information content (AvgIpc) is 2.65. The molecule has 0 N–H and O–H groups in total. The highest BCUT2D eigenvalue weighted by Gasteiger charge is 1.93. The van der Waals surface area contributed by atoms with Crippen LogP contribution in [0.15, 0.2) is 91.0 Å². The second-order valence-electron chi connectivity index (χ2n) is 4.91. The van der Waals surface area contributed by atoms with E-state index in [2.05, 4.69) is 24.3 Å². The minimum absolute atomic E-state index is 0.730. The van der Waals surface area contributed by atoms with Gasteiger partial charge in [0.15, 0.2) is 0 Å². The third-order valence-corrected chi connectivity index (χ3v) is 3.22. The van der Waals surface area contributed by atoms with E-state index in [9.17, 15) is 0 Å². The summed E-state index contributed by atoms with van der Waals surface area (Å²) in [7, 11) is 1.66. The van der Waals surface area contributed by atoms with Gasteiger partial charge in [-0.2, -0.15) is 0 Å². The van der Waals surface area contributed by atoms with Crippen molar-refractivity contribution in [2.75, 3.05) is 13.7 Å². The van der Waals surface area contributed by atoms with Crippen molar-refractivity contribution in [3.05, 3.63) is 96.6 Å². The van der Waals surface area contributed by atoms with Crippen molar-refractivity contribution < 1.29 is 9.47 Å².